The summed E-state index contributed by atoms with van der Waals surface area (Å²) in [4.78, 5) is 10.8. The highest BCUT2D eigenvalue weighted by Gasteiger charge is 2.28. The minimum absolute atomic E-state index is 0.0474. The van der Waals surface area contributed by atoms with E-state index in [1.807, 2.05) is 7.05 Å². The summed E-state index contributed by atoms with van der Waals surface area (Å²) in [6.45, 7) is 1.07. The number of aliphatic hydroxyl groups excluding tert-OH is 2. The van der Waals surface area contributed by atoms with Gasteiger partial charge in [0.05, 0.1) is 37.9 Å². The summed E-state index contributed by atoms with van der Waals surface area (Å²) in [5.74, 6) is 0.215. The number of hydrogen-bond donors (Lipinski definition) is 2. The Morgan fingerprint density at radius 3 is 2.35 bits per heavy atom. The number of para-hydroxylation sites is 1. The Kier molecular flexibility index (Phi) is 5.87. The molecule has 1 rings (SSSR count). The van der Waals surface area contributed by atoms with Crippen LogP contribution in [0.15, 0.2) is 18.2 Å². The molecule has 20 heavy (non-hydrogen) atoms. The van der Waals surface area contributed by atoms with Gasteiger partial charge in [-0.25, -0.2) is 0 Å². The van der Waals surface area contributed by atoms with Gasteiger partial charge in [0.15, 0.2) is 5.75 Å². The standard InChI is InChI=1S/C13H21N2O5/c1-15(6-8-16,7-9-17)10-11-4-3-5-12(20-2)13(11)14(18)19/h3-5,16-17H,6-10H2,1-2H3/q+1. The summed E-state index contributed by atoms with van der Waals surface area (Å²) in [6, 6.07) is 4.92. The minimum atomic E-state index is -0.462. The fourth-order valence-corrected chi connectivity index (χ4v) is 2.23. The number of methoxy groups -OCH3 is 1. The maximum Gasteiger partial charge on any atom is 0.319 e. The predicted molar refractivity (Wildman–Crippen MR) is 73.4 cm³/mol. The van der Waals surface area contributed by atoms with Gasteiger partial charge >= 0.3 is 5.69 Å². The molecule has 0 spiro atoms. The number of benzene rings is 1. The van der Waals surface area contributed by atoms with Crippen LogP contribution in [0.4, 0.5) is 5.69 Å². The second kappa shape index (κ2) is 7.18. The number of nitrogens with zero attached hydrogens (tertiary/aromatic N) is 2. The number of hydrogen-bond acceptors (Lipinski definition) is 5. The lowest BCUT2D eigenvalue weighted by Crippen LogP contribution is -2.47. The molecule has 0 aromatic heterocycles. The molecule has 0 saturated heterocycles. The van der Waals surface area contributed by atoms with E-state index >= 15 is 0 Å². The van der Waals surface area contributed by atoms with E-state index in [0.717, 1.165) is 0 Å². The highest BCUT2D eigenvalue weighted by Crippen LogP contribution is 2.32. The molecule has 0 radical (unpaired) electrons. The first-order valence-electron chi connectivity index (χ1n) is 6.33. The maximum atomic E-state index is 11.2. The van der Waals surface area contributed by atoms with Crippen LogP contribution in [0.3, 0.4) is 0 Å². The van der Waals surface area contributed by atoms with E-state index in [1.54, 1.807) is 18.2 Å². The molecule has 0 fully saturated rings. The van der Waals surface area contributed by atoms with E-state index < -0.39 is 4.92 Å². The quantitative estimate of drug-likeness (QED) is 0.413. The number of rotatable bonds is 8. The molecule has 112 valence electrons. The topological polar surface area (TPSA) is 92.8 Å². The van der Waals surface area contributed by atoms with Crippen molar-refractivity contribution in [3.05, 3.63) is 33.9 Å². The molecule has 0 bridgehead atoms. The van der Waals surface area contributed by atoms with Gasteiger partial charge in [-0.3, -0.25) is 10.1 Å². The average molecular weight is 285 g/mol. The molecule has 7 nitrogen and oxygen atoms in total. The summed E-state index contributed by atoms with van der Waals surface area (Å²) in [5.41, 5.74) is 0.467. The van der Waals surface area contributed by atoms with Crippen molar-refractivity contribution in [1.82, 2.24) is 0 Å². The van der Waals surface area contributed by atoms with Crippen molar-refractivity contribution in [2.75, 3.05) is 40.5 Å². The second-order valence-electron chi connectivity index (χ2n) is 4.90. The fourth-order valence-electron chi connectivity index (χ4n) is 2.23. The smallest absolute Gasteiger partial charge is 0.319 e. The molecule has 0 saturated carbocycles. The number of nitro groups is 1. The molecule has 0 unspecified atom stereocenters. The zero-order valence-corrected chi connectivity index (χ0v) is 11.8. The van der Waals surface area contributed by atoms with Crippen LogP contribution in [0.25, 0.3) is 0 Å². The Hall–Kier alpha value is -1.70. The molecular weight excluding hydrogens is 264 g/mol. The first-order valence-corrected chi connectivity index (χ1v) is 6.33. The summed E-state index contributed by atoms with van der Waals surface area (Å²) in [6.07, 6.45) is 0. The van der Waals surface area contributed by atoms with Crippen LogP contribution >= 0.6 is 0 Å². The lowest BCUT2D eigenvalue weighted by atomic mass is 10.1. The lowest BCUT2D eigenvalue weighted by molar-refractivity contribution is -0.923. The third-order valence-corrected chi connectivity index (χ3v) is 3.32. The van der Waals surface area contributed by atoms with Gasteiger partial charge in [-0.05, 0) is 12.1 Å². The molecule has 7 heteroatoms. The molecule has 1 aromatic rings. The molecule has 0 atom stereocenters. The third-order valence-electron chi connectivity index (χ3n) is 3.32. The van der Waals surface area contributed by atoms with Crippen molar-refractivity contribution < 1.29 is 24.4 Å². The molecule has 1 aromatic carbocycles. The van der Waals surface area contributed by atoms with Crippen molar-refractivity contribution in [3.63, 3.8) is 0 Å². The fraction of sp³-hybridized carbons (Fsp3) is 0.538. The van der Waals surface area contributed by atoms with Crippen LogP contribution in [0.2, 0.25) is 0 Å². The number of nitro benzene ring substituents is 1. The van der Waals surface area contributed by atoms with E-state index in [-0.39, 0.29) is 24.7 Å². The van der Waals surface area contributed by atoms with Gasteiger partial charge in [0.1, 0.15) is 19.6 Å². The van der Waals surface area contributed by atoms with Crippen molar-refractivity contribution in [2.45, 2.75) is 6.54 Å². The van der Waals surface area contributed by atoms with E-state index in [1.165, 1.54) is 7.11 Å². The summed E-state index contributed by atoms with van der Waals surface area (Å²) in [5, 5.41) is 29.5. The van der Waals surface area contributed by atoms with Gasteiger partial charge in [-0.15, -0.1) is 0 Å². The maximum absolute atomic E-state index is 11.2. The van der Waals surface area contributed by atoms with Crippen LogP contribution in [-0.4, -0.2) is 60.1 Å². The zero-order valence-electron chi connectivity index (χ0n) is 11.8. The average Bonchev–Trinajstić information content (AvgIpc) is 2.38. The van der Waals surface area contributed by atoms with E-state index in [4.69, 9.17) is 14.9 Å². The van der Waals surface area contributed by atoms with Gasteiger partial charge in [0.25, 0.3) is 0 Å². The van der Waals surface area contributed by atoms with Gasteiger partial charge in [-0.2, -0.15) is 0 Å². The van der Waals surface area contributed by atoms with Crippen LogP contribution in [-0.2, 0) is 6.54 Å². The van der Waals surface area contributed by atoms with Crippen molar-refractivity contribution in [1.29, 1.82) is 0 Å². The van der Waals surface area contributed by atoms with Crippen LogP contribution < -0.4 is 4.74 Å². The molecule has 0 heterocycles. The van der Waals surface area contributed by atoms with Gasteiger partial charge in [0, 0.05) is 0 Å². The van der Waals surface area contributed by atoms with Crippen LogP contribution in [0.5, 0.6) is 5.75 Å². The van der Waals surface area contributed by atoms with Crippen LogP contribution in [0.1, 0.15) is 5.56 Å². The number of quaternary nitrogens is 1. The van der Waals surface area contributed by atoms with Crippen molar-refractivity contribution in [2.24, 2.45) is 0 Å². The first-order chi connectivity index (χ1) is 9.47. The summed E-state index contributed by atoms with van der Waals surface area (Å²) >= 11 is 0. The molecule has 2 N–H and O–H groups in total. The highest BCUT2D eigenvalue weighted by atomic mass is 16.6. The Labute approximate surface area is 117 Å². The number of aliphatic hydroxyl groups is 2. The summed E-state index contributed by atoms with van der Waals surface area (Å²) in [7, 11) is 3.23. The van der Waals surface area contributed by atoms with Gasteiger partial charge in [0.2, 0.25) is 0 Å². The molecule has 0 amide bonds. The zero-order chi connectivity index (χ0) is 15.2. The summed E-state index contributed by atoms with van der Waals surface area (Å²) < 4.78 is 5.35. The lowest BCUT2D eigenvalue weighted by Gasteiger charge is -2.33. The Bertz CT molecular complexity index is 458. The Morgan fingerprint density at radius 1 is 1.30 bits per heavy atom. The number of likely N-dealkylation sites (N-methyl/N-ethyl adjacent to an activating group) is 1. The highest BCUT2D eigenvalue weighted by molar-refractivity contribution is 5.52. The van der Waals surface area contributed by atoms with E-state index in [2.05, 4.69) is 0 Å². The Morgan fingerprint density at radius 2 is 1.90 bits per heavy atom. The second-order valence-corrected chi connectivity index (χ2v) is 4.90. The largest absolute Gasteiger partial charge is 0.490 e. The van der Waals surface area contributed by atoms with Crippen LogP contribution in [0, 0.1) is 10.1 Å². The van der Waals surface area contributed by atoms with Gasteiger partial charge in [-0.1, -0.05) is 6.07 Å². The van der Waals surface area contributed by atoms with E-state index in [0.29, 0.717) is 29.7 Å². The molecular formula is C13H21N2O5+. The predicted octanol–water partition coefficient (Wildman–Crippen LogP) is 0.535. The molecule has 0 aliphatic carbocycles. The molecule has 0 aliphatic rings. The minimum Gasteiger partial charge on any atom is -0.490 e. The van der Waals surface area contributed by atoms with E-state index in [9.17, 15) is 10.1 Å². The first kappa shape index (κ1) is 16.4. The SMILES string of the molecule is COc1cccc(C[N+](C)(CCO)CCO)c1[N+](=O)[O-]. The van der Waals surface area contributed by atoms with Crippen molar-refractivity contribution >= 4 is 5.69 Å². The van der Waals surface area contributed by atoms with Crippen molar-refractivity contribution in [3.8, 4) is 5.75 Å². The normalized spacial score (nSPS) is 11.4. The number of ether oxygens (including phenoxy) is 1. The monoisotopic (exact) mass is 285 g/mol. The third kappa shape index (κ3) is 3.89. The Balaban J connectivity index is 3.15. The molecule has 0 aliphatic heterocycles. The van der Waals surface area contributed by atoms with Gasteiger partial charge < -0.3 is 19.4 Å².